The fourth-order valence-electron chi connectivity index (χ4n) is 5.36. The van der Waals surface area contributed by atoms with Gasteiger partial charge in [-0.2, -0.15) is 0 Å². The number of rotatable bonds is 11. The largest absolute Gasteiger partial charge is 0.497 e. The lowest BCUT2D eigenvalue weighted by Gasteiger charge is -2.41. The maximum absolute atomic E-state index is 11.8. The second-order valence-corrected chi connectivity index (χ2v) is 10.2. The first kappa shape index (κ1) is 26.3. The van der Waals surface area contributed by atoms with E-state index in [0.717, 1.165) is 56.2 Å². The topological polar surface area (TPSA) is 95.8 Å². The van der Waals surface area contributed by atoms with Gasteiger partial charge in [0.1, 0.15) is 5.75 Å². The normalized spacial score (nSPS) is 16.6. The van der Waals surface area contributed by atoms with Crippen molar-refractivity contribution >= 4 is 28.5 Å². The number of benzene rings is 1. The highest BCUT2D eigenvalue weighted by Gasteiger charge is 2.37. The van der Waals surface area contributed by atoms with Gasteiger partial charge in [0.2, 0.25) is 0 Å². The first-order valence-electron chi connectivity index (χ1n) is 12.5. The molecule has 0 saturated carbocycles. The Morgan fingerprint density at radius 2 is 1.97 bits per heavy atom. The third-order valence-electron chi connectivity index (χ3n) is 7.48. The molecule has 0 radical (unpaired) electrons. The standard InChI is InChI=1S/C28H34ClN3O4/c1-36-21-4-5-24-22(17-21)27(23(29)19-31-24)25(33)6-9-28(18-26(34)35)10-15-32(16-11-28)14-2-3-20-7-12-30-13-8-20/h4-5,7-8,12-13,17,19,25,33H,2-3,6,9-11,14-16,18H2,1H3,(H,34,35). The molecule has 0 bridgehead atoms. The van der Waals surface area contributed by atoms with Crippen LogP contribution in [0.15, 0.2) is 48.9 Å². The Balaban J connectivity index is 1.39. The molecule has 1 unspecified atom stereocenters. The number of ether oxygens (including phenoxy) is 1. The molecule has 1 saturated heterocycles. The van der Waals surface area contributed by atoms with Gasteiger partial charge in [0.25, 0.3) is 0 Å². The number of carbonyl (C=O) groups is 1. The van der Waals surface area contributed by atoms with Crippen LogP contribution in [-0.4, -0.2) is 57.8 Å². The Labute approximate surface area is 217 Å². The van der Waals surface area contributed by atoms with Gasteiger partial charge in [-0.1, -0.05) is 11.6 Å². The number of nitrogens with zero attached hydrogens (tertiary/aromatic N) is 3. The van der Waals surface area contributed by atoms with Crippen LogP contribution in [0.1, 0.15) is 55.8 Å². The van der Waals surface area contributed by atoms with Gasteiger partial charge in [0.15, 0.2) is 0 Å². The van der Waals surface area contributed by atoms with Crippen molar-refractivity contribution in [2.24, 2.45) is 5.41 Å². The van der Waals surface area contributed by atoms with E-state index in [9.17, 15) is 15.0 Å². The summed E-state index contributed by atoms with van der Waals surface area (Å²) in [6.45, 7) is 2.74. The molecule has 36 heavy (non-hydrogen) atoms. The van der Waals surface area contributed by atoms with E-state index in [-0.39, 0.29) is 11.8 Å². The summed E-state index contributed by atoms with van der Waals surface area (Å²) in [5.74, 6) is -0.119. The number of hydrogen-bond acceptors (Lipinski definition) is 6. The van der Waals surface area contributed by atoms with Crippen LogP contribution >= 0.6 is 11.6 Å². The predicted molar refractivity (Wildman–Crippen MR) is 140 cm³/mol. The Hall–Kier alpha value is -2.74. The highest BCUT2D eigenvalue weighted by atomic mass is 35.5. The van der Waals surface area contributed by atoms with E-state index in [1.807, 2.05) is 42.7 Å². The zero-order valence-corrected chi connectivity index (χ0v) is 21.5. The van der Waals surface area contributed by atoms with Crippen molar-refractivity contribution in [1.82, 2.24) is 14.9 Å². The number of likely N-dealkylation sites (tertiary alicyclic amines) is 1. The van der Waals surface area contributed by atoms with Gasteiger partial charge < -0.3 is 19.8 Å². The van der Waals surface area contributed by atoms with Crippen LogP contribution in [0.5, 0.6) is 5.75 Å². The summed E-state index contributed by atoms with van der Waals surface area (Å²) < 4.78 is 5.35. The van der Waals surface area contributed by atoms with E-state index >= 15 is 0 Å². The molecule has 0 amide bonds. The maximum atomic E-state index is 11.8. The number of aromatic nitrogens is 2. The van der Waals surface area contributed by atoms with Crippen LogP contribution in [0.25, 0.3) is 10.9 Å². The molecule has 1 atom stereocenters. The zero-order valence-electron chi connectivity index (χ0n) is 20.7. The van der Waals surface area contributed by atoms with Crippen LogP contribution in [0, 0.1) is 5.41 Å². The number of pyridine rings is 2. The molecule has 0 aliphatic carbocycles. The lowest BCUT2D eigenvalue weighted by Crippen LogP contribution is -2.41. The lowest BCUT2D eigenvalue weighted by atomic mass is 9.71. The van der Waals surface area contributed by atoms with Gasteiger partial charge in [-0.3, -0.25) is 14.8 Å². The number of carboxylic acids is 1. The first-order chi connectivity index (χ1) is 17.4. The second kappa shape index (κ2) is 12.0. The van der Waals surface area contributed by atoms with Crippen molar-refractivity contribution in [3.05, 3.63) is 65.1 Å². The van der Waals surface area contributed by atoms with Gasteiger partial charge in [-0.05, 0) is 99.5 Å². The number of carboxylic acid groups (broad SMARTS) is 1. The maximum Gasteiger partial charge on any atom is 0.303 e. The van der Waals surface area contributed by atoms with Crippen molar-refractivity contribution in [3.8, 4) is 5.75 Å². The quantitative estimate of drug-likeness (QED) is 0.361. The number of piperidine rings is 1. The highest BCUT2D eigenvalue weighted by molar-refractivity contribution is 6.32. The summed E-state index contributed by atoms with van der Waals surface area (Å²) in [4.78, 5) is 22.6. The number of aliphatic hydroxyl groups excluding tert-OH is 1. The Bertz CT molecular complexity index is 1170. The smallest absolute Gasteiger partial charge is 0.303 e. The Morgan fingerprint density at radius 3 is 2.67 bits per heavy atom. The molecule has 3 heterocycles. The molecule has 1 fully saturated rings. The number of hydrogen-bond donors (Lipinski definition) is 2. The first-order valence-corrected chi connectivity index (χ1v) is 12.9. The minimum absolute atomic E-state index is 0.114. The van der Waals surface area contributed by atoms with Crippen molar-refractivity contribution in [2.45, 2.75) is 51.0 Å². The monoisotopic (exact) mass is 511 g/mol. The molecule has 1 aliphatic rings. The number of aryl methyl sites for hydroxylation is 1. The summed E-state index contributed by atoms with van der Waals surface area (Å²) in [6.07, 6.45) is 9.24. The van der Waals surface area contributed by atoms with Crippen molar-refractivity contribution in [1.29, 1.82) is 0 Å². The number of halogens is 1. The average Bonchev–Trinajstić information content (AvgIpc) is 2.88. The molecule has 192 valence electrons. The molecular formula is C28H34ClN3O4. The van der Waals surface area contributed by atoms with Gasteiger partial charge in [-0.25, -0.2) is 0 Å². The molecule has 0 spiro atoms. The van der Waals surface area contributed by atoms with E-state index < -0.39 is 12.1 Å². The molecular weight excluding hydrogens is 478 g/mol. The van der Waals surface area contributed by atoms with E-state index in [2.05, 4.69) is 14.9 Å². The van der Waals surface area contributed by atoms with E-state index in [4.69, 9.17) is 16.3 Å². The average molecular weight is 512 g/mol. The van der Waals surface area contributed by atoms with Crippen molar-refractivity contribution in [3.63, 3.8) is 0 Å². The second-order valence-electron chi connectivity index (χ2n) is 9.83. The summed E-state index contributed by atoms with van der Waals surface area (Å²) in [5, 5.41) is 22.0. The number of fused-ring (bicyclic) bond motifs is 1. The van der Waals surface area contributed by atoms with E-state index in [0.29, 0.717) is 29.2 Å². The fourth-order valence-corrected chi connectivity index (χ4v) is 5.64. The highest BCUT2D eigenvalue weighted by Crippen LogP contribution is 2.43. The zero-order chi connectivity index (χ0) is 25.5. The molecule has 4 rings (SSSR count). The van der Waals surface area contributed by atoms with Crippen LogP contribution in [0.2, 0.25) is 5.02 Å². The molecule has 8 heteroatoms. The number of aliphatic hydroxyl groups is 1. The summed E-state index contributed by atoms with van der Waals surface area (Å²) in [6, 6.07) is 9.61. The van der Waals surface area contributed by atoms with Gasteiger partial charge in [-0.15, -0.1) is 0 Å². The molecule has 1 aromatic carbocycles. The van der Waals surface area contributed by atoms with Crippen LogP contribution in [-0.2, 0) is 11.2 Å². The van der Waals surface area contributed by atoms with Crippen LogP contribution in [0.3, 0.4) is 0 Å². The van der Waals surface area contributed by atoms with Crippen LogP contribution in [0.4, 0.5) is 0 Å². The third-order valence-corrected chi connectivity index (χ3v) is 7.78. The van der Waals surface area contributed by atoms with Crippen molar-refractivity contribution < 1.29 is 19.7 Å². The molecule has 2 N–H and O–H groups in total. The Kier molecular flexibility index (Phi) is 8.77. The van der Waals surface area contributed by atoms with Gasteiger partial charge in [0.05, 0.1) is 30.2 Å². The SMILES string of the molecule is COc1ccc2ncc(Cl)c(C(O)CCC3(CC(=O)O)CCN(CCCc4ccncc4)CC3)c2c1. The summed E-state index contributed by atoms with van der Waals surface area (Å²) in [7, 11) is 1.59. The van der Waals surface area contributed by atoms with Crippen LogP contribution < -0.4 is 4.74 Å². The molecule has 7 nitrogen and oxygen atoms in total. The molecule has 2 aromatic heterocycles. The van der Waals surface area contributed by atoms with E-state index in [1.165, 1.54) is 5.56 Å². The summed E-state index contributed by atoms with van der Waals surface area (Å²) >= 11 is 6.48. The van der Waals surface area contributed by atoms with Crippen molar-refractivity contribution in [2.75, 3.05) is 26.7 Å². The fraction of sp³-hybridized carbons (Fsp3) is 0.464. The van der Waals surface area contributed by atoms with Gasteiger partial charge >= 0.3 is 5.97 Å². The number of methoxy groups -OCH3 is 1. The minimum Gasteiger partial charge on any atom is -0.497 e. The minimum atomic E-state index is -0.820. The molecule has 3 aromatic rings. The molecule has 1 aliphatic heterocycles. The number of aliphatic carboxylic acids is 1. The predicted octanol–water partition coefficient (Wildman–Crippen LogP) is 5.30. The lowest BCUT2D eigenvalue weighted by molar-refractivity contribution is -0.141. The Morgan fingerprint density at radius 1 is 1.22 bits per heavy atom. The van der Waals surface area contributed by atoms with E-state index in [1.54, 1.807) is 13.3 Å². The van der Waals surface area contributed by atoms with Gasteiger partial charge in [0, 0.05) is 29.5 Å². The summed E-state index contributed by atoms with van der Waals surface area (Å²) in [5.41, 5.74) is 2.31. The third kappa shape index (κ3) is 6.52.